The van der Waals surface area contributed by atoms with Crippen LogP contribution in [0.2, 0.25) is 0 Å². The smallest absolute Gasteiger partial charge is 0.164 e. The van der Waals surface area contributed by atoms with Crippen LogP contribution in [-0.4, -0.2) is 30.6 Å². The summed E-state index contributed by atoms with van der Waals surface area (Å²) in [5.74, 6) is 1.02. The van der Waals surface area contributed by atoms with E-state index in [2.05, 4.69) is 6.92 Å². The number of rotatable bonds is 3. The highest BCUT2D eigenvalue weighted by Crippen LogP contribution is 2.17. The second-order valence-electron chi connectivity index (χ2n) is 2.02. The Hall–Kier alpha value is 0.0500. The van der Waals surface area contributed by atoms with Gasteiger partial charge in [-0.2, -0.15) is 0 Å². The Labute approximate surface area is 71.8 Å². The SMILES string of the molecule is CCS/C(Cl)=C/C=[N+](C)C. The summed E-state index contributed by atoms with van der Waals surface area (Å²) in [6.07, 6.45) is 3.83. The predicted octanol–water partition coefficient (Wildman–Crippen LogP) is 2.16. The predicted molar refractivity (Wildman–Crippen MR) is 50.2 cm³/mol. The van der Waals surface area contributed by atoms with Crippen LogP contribution in [0.3, 0.4) is 0 Å². The Morgan fingerprint density at radius 1 is 1.60 bits per heavy atom. The van der Waals surface area contributed by atoms with Crippen LogP contribution in [-0.2, 0) is 0 Å². The lowest BCUT2D eigenvalue weighted by molar-refractivity contribution is -0.458. The van der Waals surface area contributed by atoms with Gasteiger partial charge in [0.05, 0.1) is 4.36 Å². The van der Waals surface area contributed by atoms with E-state index >= 15 is 0 Å². The topological polar surface area (TPSA) is 3.01 Å². The molecule has 0 radical (unpaired) electrons. The highest BCUT2D eigenvalue weighted by Gasteiger charge is 1.88. The standard InChI is InChI=1S/C7H13ClNS/c1-4-10-7(8)5-6-9(2)3/h5-6H,4H2,1-3H3/q+1/b7-5+. The molecule has 0 aliphatic carbocycles. The molecule has 3 heteroatoms. The Balaban J connectivity index is 3.79. The van der Waals surface area contributed by atoms with Gasteiger partial charge >= 0.3 is 0 Å². The minimum absolute atomic E-state index is 0.844. The van der Waals surface area contributed by atoms with E-state index in [4.69, 9.17) is 11.6 Å². The molecule has 0 N–H and O–H groups in total. The molecule has 0 saturated heterocycles. The second kappa shape index (κ2) is 5.81. The number of nitrogens with zero attached hydrogens (tertiary/aromatic N) is 1. The molecule has 1 nitrogen and oxygen atoms in total. The van der Waals surface area contributed by atoms with E-state index in [1.807, 2.05) is 31.0 Å². The molecule has 10 heavy (non-hydrogen) atoms. The van der Waals surface area contributed by atoms with Gasteiger partial charge < -0.3 is 0 Å². The fraction of sp³-hybridized carbons (Fsp3) is 0.571. The van der Waals surface area contributed by atoms with Gasteiger partial charge in [0.1, 0.15) is 14.1 Å². The summed E-state index contributed by atoms with van der Waals surface area (Å²) in [5, 5.41) is 0. The third kappa shape index (κ3) is 6.17. The molecule has 0 amide bonds. The highest BCUT2D eigenvalue weighted by molar-refractivity contribution is 8.04. The van der Waals surface area contributed by atoms with Crippen LogP contribution in [0.15, 0.2) is 10.4 Å². The van der Waals surface area contributed by atoms with Crippen molar-refractivity contribution in [3.8, 4) is 0 Å². The molecule has 0 bridgehead atoms. The Kier molecular flexibility index (Phi) is 5.84. The molecule has 0 fully saturated rings. The summed E-state index contributed by atoms with van der Waals surface area (Å²) in [6, 6.07) is 0. The number of allylic oxidation sites excluding steroid dienone is 1. The fourth-order valence-electron chi connectivity index (χ4n) is 0.394. The summed E-state index contributed by atoms with van der Waals surface area (Å²) in [5.41, 5.74) is 0. The van der Waals surface area contributed by atoms with Crippen molar-refractivity contribution < 1.29 is 4.58 Å². The van der Waals surface area contributed by atoms with Crippen LogP contribution in [0, 0.1) is 0 Å². The molecule has 0 spiro atoms. The Morgan fingerprint density at radius 3 is 2.60 bits per heavy atom. The van der Waals surface area contributed by atoms with E-state index < -0.39 is 0 Å². The molecule has 0 unspecified atom stereocenters. The zero-order chi connectivity index (χ0) is 7.98. The van der Waals surface area contributed by atoms with E-state index in [1.165, 1.54) is 0 Å². The average molecular weight is 179 g/mol. The van der Waals surface area contributed by atoms with Gasteiger partial charge in [0, 0.05) is 6.08 Å². The van der Waals surface area contributed by atoms with E-state index in [0.29, 0.717) is 0 Å². The lowest BCUT2D eigenvalue weighted by Crippen LogP contribution is -1.95. The van der Waals surface area contributed by atoms with Crippen molar-refractivity contribution in [3.63, 3.8) is 0 Å². The van der Waals surface area contributed by atoms with Crippen LogP contribution >= 0.6 is 23.4 Å². The van der Waals surface area contributed by atoms with E-state index in [-0.39, 0.29) is 0 Å². The molecule has 0 aromatic rings. The number of halogens is 1. The van der Waals surface area contributed by atoms with Crippen molar-refractivity contribution in [3.05, 3.63) is 10.4 Å². The fourth-order valence-corrected chi connectivity index (χ4v) is 1.21. The first-order chi connectivity index (χ1) is 4.66. The zero-order valence-electron chi connectivity index (χ0n) is 6.60. The van der Waals surface area contributed by atoms with Crippen LogP contribution in [0.5, 0.6) is 0 Å². The lowest BCUT2D eigenvalue weighted by atomic mass is 10.7. The zero-order valence-corrected chi connectivity index (χ0v) is 8.17. The van der Waals surface area contributed by atoms with Crippen molar-refractivity contribution >= 4 is 29.6 Å². The van der Waals surface area contributed by atoms with Gasteiger partial charge in [0.2, 0.25) is 0 Å². The van der Waals surface area contributed by atoms with Crippen LogP contribution in [0.4, 0.5) is 0 Å². The van der Waals surface area contributed by atoms with Crippen LogP contribution in [0.25, 0.3) is 0 Å². The van der Waals surface area contributed by atoms with Crippen molar-refractivity contribution in [2.45, 2.75) is 6.92 Å². The molecule has 0 aromatic heterocycles. The third-order valence-electron chi connectivity index (χ3n) is 0.786. The number of hydrogen-bond acceptors (Lipinski definition) is 1. The van der Waals surface area contributed by atoms with Crippen molar-refractivity contribution in [1.29, 1.82) is 0 Å². The summed E-state index contributed by atoms with van der Waals surface area (Å²) in [7, 11) is 3.94. The Morgan fingerprint density at radius 2 is 2.20 bits per heavy atom. The van der Waals surface area contributed by atoms with Gasteiger partial charge in [0.25, 0.3) is 0 Å². The van der Waals surface area contributed by atoms with Gasteiger partial charge in [-0.1, -0.05) is 18.5 Å². The average Bonchev–Trinajstić information content (AvgIpc) is 1.85. The van der Waals surface area contributed by atoms with Crippen LogP contribution < -0.4 is 0 Å². The molecule has 0 atom stereocenters. The van der Waals surface area contributed by atoms with Gasteiger partial charge in [0.15, 0.2) is 6.21 Å². The summed E-state index contributed by atoms with van der Waals surface area (Å²) in [4.78, 5) is 0. The molecule has 0 aliphatic rings. The summed E-state index contributed by atoms with van der Waals surface area (Å²) < 4.78 is 2.80. The van der Waals surface area contributed by atoms with E-state index in [1.54, 1.807) is 11.8 Å². The molecule has 0 heterocycles. The van der Waals surface area contributed by atoms with Gasteiger partial charge in [-0.3, -0.25) is 0 Å². The maximum atomic E-state index is 5.79. The molecule has 0 aliphatic heterocycles. The van der Waals surface area contributed by atoms with Crippen molar-refractivity contribution in [2.75, 3.05) is 19.8 Å². The van der Waals surface area contributed by atoms with Crippen LogP contribution in [0.1, 0.15) is 6.92 Å². The van der Waals surface area contributed by atoms with Crippen molar-refractivity contribution in [1.82, 2.24) is 0 Å². The quantitative estimate of drug-likeness (QED) is 0.473. The summed E-state index contributed by atoms with van der Waals surface area (Å²) >= 11 is 7.43. The monoisotopic (exact) mass is 178 g/mol. The molecular weight excluding hydrogens is 166 g/mol. The molecule has 0 aromatic carbocycles. The summed E-state index contributed by atoms with van der Waals surface area (Å²) in [6.45, 7) is 2.08. The first-order valence-corrected chi connectivity index (χ1v) is 4.53. The minimum Gasteiger partial charge on any atom is -0.241 e. The molecule has 58 valence electrons. The van der Waals surface area contributed by atoms with Gasteiger partial charge in [-0.25, -0.2) is 4.58 Å². The third-order valence-corrected chi connectivity index (χ3v) is 1.94. The van der Waals surface area contributed by atoms with Gasteiger partial charge in [-0.05, 0) is 5.75 Å². The first kappa shape index (κ1) is 10.0. The van der Waals surface area contributed by atoms with Gasteiger partial charge in [-0.15, -0.1) is 11.8 Å². The second-order valence-corrected chi connectivity index (χ2v) is 3.95. The molecular formula is C7H13ClNS+. The van der Waals surface area contributed by atoms with E-state index in [0.717, 1.165) is 10.1 Å². The molecule has 0 rings (SSSR count). The largest absolute Gasteiger partial charge is 0.241 e. The number of thioether (sulfide) groups is 1. The normalized spacial score (nSPS) is 11.4. The minimum atomic E-state index is 0.844. The highest BCUT2D eigenvalue weighted by atomic mass is 35.5. The van der Waals surface area contributed by atoms with Crippen molar-refractivity contribution in [2.24, 2.45) is 0 Å². The number of hydrogen-bond donors (Lipinski definition) is 0. The molecule has 0 saturated carbocycles. The van der Waals surface area contributed by atoms with E-state index in [9.17, 15) is 0 Å². The first-order valence-electron chi connectivity index (χ1n) is 3.16. The Bertz CT molecular complexity index is 148. The maximum Gasteiger partial charge on any atom is 0.164 e. The maximum absolute atomic E-state index is 5.79. The lowest BCUT2D eigenvalue weighted by Gasteiger charge is -1.89.